The highest BCUT2D eigenvalue weighted by atomic mass is 16.2. The monoisotopic (exact) mass is 266 g/mol. The third-order valence-corrected chi connectivity index (χ3v) is 3.01. The van der Waals surface area contributed by atoms with Gasteiger partial charge in [0.1, 0.15) is 6.04 Å². The summed E-state index contributed by atoms with van der Waals surface area (Å²) in [5.74, 6) is -0.593. The van der Waals surface area contributed by atoms with Gasteiger partial charge in [-0.25, -0.2) is 9.69 Å². The number of hydrazine groups is 1. The lowest BCUT2D eigenvalue weighted by Crippen LogP contribution is -2.42. The van der Waals surface area contributed by atoms with E-state index in [0.717, 1.165) is 0 Å². The number of amides is 2. The zero-order valence-electron chi connectivity index (χ0n) is 11.5. The van der Waals surface area contributed by atoms with Gasteiger partial charge in [0.25, 0.3) is 11.8 Å². The predicted molar refractivity (Wildman–Crippen MR) is 67.2 cm³/mol. The smallest absolute Gasteiger partial charge is 0.274 e. The van der Waals surface area contributed by atoms with Gasteiger partial charge in [-0.3, -0.25) is 15.0 Å². The molecule has 0 spiro atoms. The Balaban J connectivity index is 2.10. The predicted octanol–water partition coefficient (Wildman–Crippen LogP) is -0.758. The molecule has 2 heterocycles. The van der Waals surface area contributed by atoms with Crippen molar-refractivity contribution in [2.75, 3.05) is 13.6 Å². The van der Waals surface area contributed by atoms with Gasteiger partial charge in [-0.05, 0) is 20.8 Å². The van der Waals surface area contributed by atoms with Crippen LogP contribution in [-0.2, 0) is 4.79 Å². The Hall–Kier alpha value is -1.96. The third kappa shape index (κ3) is 2.58. The first-order valence-electron chi connectivity index (χ1n) is 6.14. The maximum atomic E-state index is 12.1. The van der Waals surface area contributed by atoms with Crippen molar-refractivity contribution in [3.05, 3.63) is 11.4 Å². The SMILES string of the molecule is Cc1c(C(=O)NC2CN(C)NC2=O)nnn1C(C)C. The average molecular weight is 266 g/mol. The van der Waals surface area contributed by atoms with E-state index in [1.54, 1.807) is 23.7 Å². The first kappa shape index (κ1) is 13.5. The summed E-state index contributed by atoms with van der Waals surface area (Å²) < 4.78 is 1.68. The Morgan fingerprint density at radius 2 is 2.21 bits per heavy atom. The molecule has 1 atom stereocenters. The van der Waals surface area contributed by atoms with Gasteiger partial charge < -0.3 is 5.32 Å². The van der Waals surface area contributed by atoms with E-state index in [4.69, 9.17) is 0 Å². The number of aromatic nitrogens is 3. The molecule has 1 aromatic rings. The minimum absolute atomic E-state index is 0.134. The molecule has 0 saturated carbocycles. The van der Waals surface area contributed by atoms with Crippen LogP contribution in [0.3, 0.4) is 0 Å². The number of nitrogens with one attached hydrogen (secondary N) is 2. The van der Waals surface area contributed by atoms with Gasteiger partial charge >= 0.3 is 0 Å². The van der Waals surface area contributed by atoms with Crippen molar-refractivity contribution in [2.24, 2.45) is 0 Å². The molecule has 1 unspecified atom stereocenters. The van der Waals surface area contributed by atoms with E-state index in [0.29, 0.717) is 12.2 Å². The molecule has 2 amide bonds. The van der Waals surface area contributed by atoms with Gasteiger partial charge in [0.15, 0.2) is 5.69 Å². The van der Waals surface area contributed by atoms with E-state index in [2.05, 4.69) is 21.1 Å². The molecule has 1 saturated heterocycles. The van der Waals surface area contributed by atoms with E-state index in [1.165, 1.54) is 0 Å². The van der Waals surface area contributed by atoms with E-state index >= 15 is 0 Å². The van der Waals surface area contributed by atoms with Crippen molar-refractivity contribution in [1.29, 1.82) is 0 Å². The van der Waals surface area contributed by atoms with E-state index in [9.17, 15) is 9.59 Å². The van der Waals surface area contributed by atoms with E-state index in [1.807, 2.05) is 13.8 Å². The van der Waals surface area contributed by atoms with Crippen LogP contribution in [0.5, 0.6) is 0 Å². The van der Waals surface area contributed by atoms with Gasteiger partial charge in [0, 0.05) is 19.6 Å². The van der Waals surface area contributed by atoms with Crippen molar-refractivity contribution >= 4 is 11.8 Å². The summed E-state index contributed by atoms with van der Waals surface area (Å²) in [6.07, 6.45) is 0. The van der Waals surface area contributed by atoms with Crippen LogP contribution in [0.25, 0.3) is 0 Å². The number of carbonyl (C=O) groups excluding carboxylic acids is 2. The molecular weight excluding hydrogens is 248 g/mol. The zero-order chi connectivity index (χ0) is 14.2. The average Bonchev–Trinajstić information content (AvgIpc) is 2.82. The summed E-state index contributed by atoms with van der Waals surface area (Å²) in [6, 6.07) is -0.420. The molecule has 19 heavy (non-hydrogen) atoms. The summed E-state index contributed by atoms with van der Waals surface area (Å²) in [7, 11) is 1.74. The molecule has 0 bridgehead atoms. The van der Waals surface area contributed by atoms with E-state index in [-0.39, 0.29) is 23.6 Å². The first-order valence-corrected chi connectivity index (χ1v) is 6.14. The summed E-state index contributed by atoms with van der Waals surface area (Å²) in [5.41, 5.74) is 3.55. The quantitative estimate of drug-likeness (QED) is 0.750. The first-order chi connectivity index (χ1) is 8.90. The summed E-state index contributed by atoms with van der Waals surface area (Å²) in [5, 5.41) is 12.1. The molecule has 1 aliphatic rings. The minimum atomic E-state index is -0.555. The van der Waals surface area contributed by atoms with Crippen LogP contribution in [-0.4, -0.2) is 51.5 Å². The Kier molecular flexibility index (Phi) is 3.52. The molecular formula is C11H18N6O2. The van der Waals surface area contributed by atoms with Crippen LogP contribution in [0, 0.1) is 6.92 Å². The Bertz CT molecular complexity index is 509. The normalized spacial score (nSPS) is 19.8. The number of rotatable bonds is 3. The van der Waals surface area contributed by atoms with Gasteiger partial charge in [-0.1, -0.05) is 5.21 Å². The van der Waals surface area contributed by atoms with E-state index < -0.39 is 6.04 Å². The topological polar surface area (TPSA) is 92.2 Å². The van der Waals surface area contributed by atoms with Gasteiger partial charge in [-0.15, -0.1) is 5.10 Å². The molecule has 8 heteroatoms. The summed E-state index contributed by atoms with van der Waals surface area (Å²) >= 11 is 0. The largest absolute Gasteiger partial charge is 0.337 e. The van der Waals surface area contributed by atoms with Crippen molar-refractivity contribution < 1.29 is 9.59 Å². The highest BCUT2D eigenvalue weighted by Gasteiger charge is 2.31. The van der Waals surface area contributed by atoms with Crippen LogP contribution in [0.4, 0.5) is 0 Å². The fourth-order valence-electron chi connectivity index (χ4n) is 2.05. The highest BCUT2D eigenvalue weighted by Crippen LogP contribution is 2.10. The van der Waals surface area contributed by atoms with Crippen molar-refractivity contribution in [3.63, 3.8) is 0 Å². The summed E-state index contributed by atoms with van der Waals surface area (Å²) in [6.45, 7) is 6.14. The molecule has 1 aliphatic heterocycles. The van der Waals surface area contributed by atoms with Gasteiger partial charge in [0.05, 0.1) is 5.69 Å². The lowest BCUT2D eigenvalue weighted by atomic mass is 10.2. The number of likely N-dealkylation sites (N-methyl/N-ethyl adjacent to an activating group) is 1. The Morgan fingerprint density at radius 1 is 1.53 bits per heavy atom. The van der Waals surface area contributed by atoms with Crippen molar-refractivity contribution in [2.45, 2.75) is 32.9 Å². The van der Waals surface area contributed by atoms with Crippen LogP contribution in [0.2, 0.25) is 0 Å². The van der Waals surface area contributed by atoms with Crippen LogP contribution >= 0.6 is 0 Å². The van der Waals surface area contributed by atoms with Crippen molar-refractivity contribution in [3.8, 4) is 0 Å². The molecule has 1 aromatic heterocycles. The number of carbonyl (C=O) groups is 2. The highest BCUT2D eigenvalue weighted by molar-refractivity contribution is 5.97. The Labute approximate surface area is 111 Å². The molecule has 1 fully saturated rings. The minimum Gasteiger partial charge on any atom is -0.337 e. The van der Waals surface area contributed by atoms with Gasteiger partial charge in [-0.2, -0.15) is 0 Å². The second kappa shape index (κ2) is 4.96. The lowest BCUT2D eigenvalue weighted by Gasteiger charge is -2.09. The maximum Gasteiger partial charge on any atom is 0.274 e. The molecule has 2 N–H and O–H groups in total. The summed E-state index contributed by atoms with van der Waals surface area (Å²) in [4.78, 5) is 23.6. The Morgan fingerprint density at radius 3 is 2.68 bits per heavy atom. The van der Waals surface area contributed by atoms with Gasteiger partial charge in [0.2, 0.25) is 0 Å². The van der Waals surface area contributed by atoms with Crippen LogP contribution in [0.15, 0.2) is 0 Å². The molecule has 0 aliphatic carbocycles. The molecule has 0 aromatic carbocycles. The third-order valence-electron chi connectivity index (χ3n) is 3.01. The lowest BCUT2D eigenvalue weighted by molar-refractivity contribution is -0.122. The number of hydrogen-bond acceptors (Lipinski definition) is 5. The molecule has 2 rings (SSSR count). The van der Waals surface area contributed by atoms with Crippen molar-refractivity contribution in [1.82, 2.24) is 30.7 Å². The zero-order valence-corrected chi connectivity index (χ0v) is 11.5. The molecule has 8 nitrogen and oxygen atoms in total. The maximum absolute atomic E-state index is 12.1. The fraction of sp³-hybridized carbons (Fsp3) is 0.636. The second-order valence-corrected chi connectivity index (χ2v) is 4.94. The number of nitrogens with zero attached hydrogens (tertiary/aromatic N) is 4. The fourth-order valence-corrected chi connectivity index (χ4v) is 2.05. The standard InChI is InChI=1S/C11H18N6O2/c1-6(2)17-7(3)9(13-15-17)11(19)12-8-5-16(4)14-10(8)18/h6,8H,5H2,1-4H3,(H,12,19)(H,14,18). The van der Waals surface area contributed by atoms with Crippen LogP contribution in [0.1, 0.15) is 36.1 Å². The van der Waals surface area contributed by atoms with Crippen LogP contribution < -0.4 is 10.7 Å². The second-order valence-electron chi connectivity index (χ2n) is 4.94. The molecule has 104 valence electrons. The number of hydrogen-bond donors (Lipinski definition) is 2. The molecule has 0 radical (unpaired) electrons.